The first-order valence-corrected chi connectivity index (χ1v) is 9.16. The van der Waals surface area contributed by atoms with Crippen LogP contribution in [0.2, 0.25) is 0 Å². The molecule has 1 aliphatic rings. The van der Waals surface area contributed by atoms with E-state index in [-0.39, 0.29) is 0 Å². The average Bonchev–Trinajstić information content (AvgIpc) is 3.18. The second-order valence-electron chi connectivity index (χ2n) is 6.70. The third-order valence-corrected chi connectivity index (χ3v) is 5.01. The number of hydrogen-bond acceptors (Lipinski definition) is 3. The van der Waals surface area contributed by atoms with Crippen molar-refractivity contribution in [1.82, 2.24) is 9.47 Å². The summed E-state index contributed by atoms with van der Waals surface area (Å²) in [5.74, 6) is 0.959. The molecular formula is C22H25N3O. The molecule has 3 aromatic rings. The molecule has 1 saturated heterocycles. The standard InChI is InChI=1S/C22H25N3O/c1-26-22-10-6-5-9-21(22)24-15-13-23(14-16-24)17-19-11-12-25(18-19)20-7-3-2-4-8-20/h2-12,18H,13-17H2,1H3. The number of benzene rings is 2. The van der Waals surface area contributed by atoms with Crippen molar-refractivity contribution in [2.24, 2.45) is 0 Å². The van der Waals surface area contributed by atoms with Gasteiger partial charge in [0, 0.05) is 50.8 Å². The van der Waals surface area contributed by atoms with Crippen molar-refractivity contribution in [2.75, 3.05) is 38.2 Å². The van der Waals surface area contributed by atoms with E-state index < -0.39 is 0 Å². The van der Waals surface area contributed by atoms with Gasteiger partial charge in [0.05, 0.1) is 12.8 Å². The third kappa shape index (κ3) is 3.60. The number of ether oxygens (including phenoxy) is 1. The van der Waals surface area contributed by atoms with Gasteiger partial charge in [0.25, 0.3) is 0 Å². The summed E-state index contributed by atoms with van der Waals surface area (Å²) in [5.41, 5.74) is 3.77. The van der Waals surface area contributed by atoms with Gasteiger partial charge in [0.15, 0.2) is 0 Å². The van der Waals surface area contributed by atoms with Crippen molar-refractivity contribution in [2.45, 2.75) is 6.54 Å². The molecule has 1 aliphatic heterocycles. The second kappa shape index (κ2) is 7.67. The predicted octanol–water partition coefficient (Wildman–Crippen LogP) is 3.81. The summed E-state index contributed by atoms with van der Waals surface area (Å²) in [4.78, 5) is 4.95. The minimum Gasteiger partial charge on any atom is -0.495 e. The first-order valence-electron chi connectivity index (χ1n) is 9.16. The Labute approximate surface area is 155 Å². The zero-order chi connectivity index (χ0) is 17.8. The molecule has 0 saturated carbocycles. The predicted molar refractivity (Wildman–Crippen MR) is 106 cm³/mol. The molecule has 134 valence electrons. The molecule has 1 aromatic heterocycles. The largest absolute Gasteiger partial charge is 0.495 e. The molecule has 0 radical (unpaired) electrons. The number of hydrogen-bond donors (Lipinski definition) is 0. The Balaban J connectivity index is 1.36. The molecular weight excluding hydrogens is 322 g/mol. The number of rotatable bonds is 5. The first-order chi connectivity index (χ1) is 12.8. The van der Waals surface area contributed by atoms with Crippen LogP contribution in [0.25, 0.3) is 5.69 Å². The van der Waals surface area contributed by atoms with Crippen LogP contribution in [0.15, 0.2) is 73.1 Å². The van der Waals surface area contributed by atoms with Gasteiger partial charge in [0.2, 0.25) is 0 Å². The molecule has 0 bridgehead atoms. The highest BCUT2D eigenvalue weighted by molar-refractivity contribution is 5.58. The number of methoxy groups -OCH3 is 1. The third-order valence-electron chi connectivity index (χ3n) is 5.01. The van der Waals surface area contributed by atoms with Crippen molar-refractivity contribution in [1.29, 1.82) is 0 Å². The highest BCUT2D eigenvalue weighted by Gasteiger charge is 2.19. The molecule has 0 amide bonds. The number of piperazine rings is 1. The van der Waals surface area contributed by atoms with E-state index in [0.29, 0.717) is 0 Å². The van der Waals surface area contributed by atoms with Gasteiger partial charge in [-0.05, 0) is 35.9 Å². The van der Waals surface area contributed by atoms with Crippen molar-refractivity contribution in [3.05, 3.63) is 78.6 Å². The molecule has 0 N–H and O–H groups in total. The van der Waals surface area contributed by atoms with Gasteiger partial charge in [-0.1, -0.05) is 30.3 Å². The summed E-state index contributed by atoms with van der Waals surface area (Å²) in [7, 11) is 1.74. The van der Waals surface area contributed by atoms with E-state index in [4.69, 9.17) is 4.74 Å². The highest BCUT2D eigenvalue weighted by atomic mass is 16.5. The second-order valence-corrected chi connectivity index (χ2v) is 6.70. The molecule has 4 rings (SSSR count). The van der Waals surface area contributed by atoms with E-state index in [2.05, 4.69) is 75.3 Å². The van der Waals surface area contributed by atoms with Crippen LogP contribution in [0.1, 0.15) is 5.56 Å². The fraction of sp³-hybridized carbons (Fsp3) is 0.273. The van der Waals surface area contributed by atoms with Crippen molar-refractivity contribution >= 4 is 5.69 Å². The van der Waals surface area contributed by atoms with Crippen LogP contribution in [0.5, 0.6) is 5.75 Å². The highest BCUT2D eigenvalue weighted by Crippen LogP contribution is 2.28. The van der Waals surface area contributed by atoms with E-state index in [9.17, 15) is 0 Å². The first kappa shape index (κ1) is 16.7. The summed E-state index contributed by atoms with van der Waals surface area (Å²) in [5, 5.41) is 0. The maximum absolute atomic E-state index is 5.51. The lowest BCUT2D eigenvalue weighted by molar-refractivity contribution is 0.249. The molecule has 0 aliphatic carbocycles. The Kier molecular flexibility index (Phi) is 4.93. The lowest BCUT2D eigenvalue weighted by Gasteiger charge is -2.36. The minimum absolute atomic E-state index is 0.959. The zero-order valence-electron chi connectivity index (χ0n) is 15.2. The van der Waals surface area contributed by atoms with E-state index in [0.717, 1.165) is 38.5 Å². The molecule has 0 spiro atoms. The lowest BCUT2D eigenvalue weighted by atomic mass is 10.2. The van der Waals surface area contributed by atoms with Crippen LogP contribution >= 0.6 is 0 Å². The number of anilines is 1. The van der Waals surface area contributed by atoms with Gasteiger partial charge in [-0.25, -0.2) is 0 Å². The van der Waals surface area contributed by atoms with Crippen molar-refractivity contribution in [3.8, 4) is 11.4 Å². The summed E-state index contributed by atoms with van der Waals surface area (Å²) in [6.07, 6.45) is 4.39. The molecule has 4 heteroatoms. The smallest absolute Gasteiger partial charge is 0.142 e. The SMILES string of the molecule is COc1ccccc1N1CCN(Cc2ccn(-c3ccccc3)c2)CC1. The Hall–Kier alpha value is -2.72. The monoisotopic (exact) mass is 347 g/mol. The number of para-hydroxylation sites is 3. The van der Waals surface area contributed by atoms with E-state index >= 15 is 0 Å². The van der Waals surface area contributed by atoms with Gasteiger partial charge in [-0.3, -0.25) is 4.90 Å². The molecule has 0 unspecified atom stereocenters. The summed E-state index contributed by atoms with van der Waals surface area (Å²) in [6, 6.07) is 21.0. The quantitative estimate of drug-likeness (QED) is 0.700. The normalized spacial score (nSPS) is 15.2. The van der Waals surface area contributed by atoms with Crippen LogP contribution in [-0.4, -0.2) is 42.8 Å². The molecule has 0 atom stereocenters. The van der Waals surface area contributed by atoms with Crippen LogP contribution in [-0.2, 0) is 6.54 Å². The van der Waals surface area contributed by atoms with Crippen LogP contribution in [0.4, 0.5) is 5.69 Å². The van der Waals surface area contributed by atoms with Gasteiger partial charge in [0.1, 0.15) is 5.75 Å². The summed E-state index contributed by atoms with van der Waals surface area (Å²) < 4.78 is 7.70. The van der Waals surface area contributed by atoms with E-state index in [1.807, 2.05) is 12.1 Å². The zero-order valence-corrected chi connectivity index (χ0v) is 15.2. The van der Waals surface area contributed by atoms with Crippen molar-refractivity contribution in [3.63, 3.8) is 0 Å². The van der Waals surface area contributed by atoms with Gasteiger partial charge in [-0.2, -0.15) is 0 Å². The average molecular weight is 347 g/mol. The fourth-order valence-electron chi connectivity index (χ4n) is 3.59. The Morgan fingerprint density at radius 1 is 0.846 bits per heavy atom. The fourth-order valence-corrected chi connectivity index (χ4v) is 3.59. The van der Waals surface area contributed by atoms with Gasteiger partial charge in [-0.15, -0.1) is 0 Å². The molecule has 26 heavy (non-hydrogen) atoms. The van der Waals surface area contributed by atoms with Gasteiger partial charge < -0.3 is 14.2 Å². The van der Waals surface area contributed by atoms with Crippen LogP contribution < -0.4 is 9.64 Å². The van der Waals surface area contributed by atoms with E-state index in [1.54, 1.807) is 7.11 Å². The lowest BCUT2D eigenvalue weighted by Crippen LogP contribution is -2.46. The molecule has 1 fully saturated rings. The number of nitrogens with zero attached hydrogens (tertiary/aromatic N) is 3. The molecule has 4 nitrogen and oxygen atoms in total. The summed E-state index contributed by atoms with van der Waals surface area (Å²) in [6.45, 7) is 5.18. The maximum atomic E-state index is 5.51. The topological polar surface area (TPSA) is 20.6 Å². The van der Waals surface area contributed by atoms with Crippen LogP contribution in [0, 0.1) is 0 Å². The molecule has 2 heterocycles. The number of aromatic nitrogens is 1. The van der Waals surface area contributed by atoms with E-state index in [1.165, 1.54) is 16.9 Å². The molecule has 2 aromatic carbocycles. The Morgan fingerprint density at radius 3 is 2.35 bits per heavy atom. The van der Waals surface area contributed by atoms with Crippen LogP contribution in [0.3, 0.4) is 0 Å². The minimum atomic E-state index is 0.959. The maximum Gasteiger partial charge on any atom is 0.142 e. The van der Waals surface area contributed by atoms with Crippen molar-refractivity contribution < 1.29 is 4.74 Å². The Morgan fingerprint density at radius 2 is 1.58 bits per heavy atom. The Bertz CT molecular complexity index is 835. The summed E-state index contributed by atoms with van der Waals surface area (Å²) >= 11 is 0. The van der Waals surface area contributed by atoms with Gasteiger partial charge >= 0.3 is 0 Å².